The third kappa shape index (κ3) is 2.23. The van der Waals surface area contributed by atoms with E-state index in [1.807, 2.05) is 24.3 Å². The van der Waals surface area contributed by atoms with Crippen molar-refractivity contribution < 1.29 is 4.74 Å². The number of anilines is 2. The van der Waals surface area contributed by atoms with Gasteiger partial charge in [0.25, 0.3) is 0 Å². The number of aryl methyl sites for hydroxylation is 1. The maximum Gasteiger partial charge on any atom is 0.178 e. The van der Waals surface area contributed by atoms with Crippen molar-refractivity contribution in [3.63, 3.8) is 0 Å². The maximum atomic E-state index is 5.48. The summed E-state index contributed by atoms with van der Waals surface area (Å²) < 4.78 is 5.43. The molecule has 102 valence electrons. The molecule has 2 aromatic carbocycles. The molecule has 0 fully saturated rings. The van der Waals surface area contributed by atoms with Crippen LogP contribution in [0.3, 0.4) is 0 Å². The molecule has 1 heterocycles. The summed E-state index contributed by atoms with van der Waals surface area (Å²) in [6.45, 7) is 2.85. The van der Waals surface area contributed by atoms with Crippen molar-refractivity contribution >= 4 is 28.7 Å². The lowest BCUT2D eigenvalue weighted by Gasteiger charge is -2.33. The molecule has 0 bridgehead atoms. The topological polar surface area (TPSA) is 24.5 Å². The second-order valence-corrected chi connectivity index (χ2v) is 5.24. The molecule has 1 aliphatic rings. The fourth-order valence-electron chi connectivity index (χ4n) is 2.45. The lowest BCUT2D eigenvalue weighted by Crippen LogP contribution is -2.38. The number of nitrogens with one attached hydrogen (secondary N) is 1. The molecule has 0 atom stereocenters. The molecule has 3 rings (SSSR count). The van der Waals surface area contributed by atoms with Crippen LogP contribution < -0.4 is 15.0 Å². The predicted molar refractivity (Wildman–Crippen MR) is 86.6 cm³/mol. The summed E-state index contributed by atoms with van der Waals surface area (Å²) >= 11 is 5.48. The molecule has 3 nitrogen and oxygen atoms in total. The van der Waals surface area contributed by atoms with E-state index in [9.17, 15) is 0 Å². The number of thiocarbonyl (C=S) groups is 1. The highest BCUT2D eigenvalue weighted by molar-refractivity contribution is 7.80. The quantitative estimate of drug-likeness (QED) is 0.849. The fraction of sp³-hybridized carbons (Fsp3) is 0.188. The van der Waals surface area contributed by atoms with E-state index in [2.05, 4.69) is 35.3 Å². The van der Waals surface area contributed by atoms with Gasteiger partial charge in [-0.2, -0.15) is 0 Å². The number of benzene rings is 2. The van der Waals surface area contributed by atoms with Crippen LogP contribution >= 0.6 is 12.2 Å². The van der Waals surface area contributed by atoms with Crippen molar-refractivity contribution in [3.8, 4) is 5.75 Å². The first-order valence-electron chi connectivity index (χ1n) is 6.50. The summed E-state index contributed by atoms with van der Waals surface area (Å²) in [5.41, 5.74) is 4.56. The van der Waals surface area contributed by atoms with E-state index in [0.717, 1.165) is 23.7 Å². The molecule has 0 saturated heterocycles. The number of nitrogens with zero attached hydrogens (tertiary/aromatic N) is 1. The summed E-state index contributed by atoms with van der Waals surface area (Å²) in [6, 6.07) is 14.3. The van der Waals surface area contributed by atoms with Gasteiger partial charge in [-0.3, -0.25) is 0 Å². The first-order chi connectivity index (χ1) is 9.69. The van der Waals surface area contributed by atoms with Gasteiger partial charge in [0.15, 0.2) is 5.11 Å². The van der Waals surface area contributed by atoms with Gasteiger partial charge in [-0.05, 0) is 42.9 Å². The van der Waals surface area contributed by atoms with Crippen LogP contribution in [0.25, 0.3) is 0 Å². The van der Waals surface area contributed by atoms with Gasteiger partial charge in [0, 0.05) is 5.69 Å². The van der Waals surface area contributed by atoms with E-state index in [-0.39, 0.29) is 0 Å². The largest absolute Gasteiger partial charge is 0.495 e. The highest BCUT2D eigenvalue weighted by Crippen LogP contribution is 2.33. The second-order valence-electron chi connectivity index (χ2n) is 4.85. The summed E-state index contributed by atoms with van der Waals surface area (Å²) in [7, 11) is 1.68. The van der Waals surface area contributed by atoms with E-state index >= 15 is 0 Å². The third-order valence-corrected chi connectivity index (χ3v) is 3.77. The number of rotatable bonds is 2. The Bertz CT molecular complexity index is 669. The molecular weight excluding hydrogens is 268 g/mol. The molecule has 2 aromatic rings. The van der Waals surface area contributed by atoms with Crippen molar-refractivity contribution in [2.24, 2.45) is 0 Å². The molecule has 1 aliphatic heterocycles. The fourth-order valence-corrected chi connectivity index (χ4v) is 2.72. The highest BCUT2D eigenvalue weighted by atomic mass is 32.1. The molecule has 1 N–H and O–H groups in total. The van der Waals surface area contributed by atoms with Gasteiger partial charge >= 0.3 is 0 Å². The van der Waals surface area contributed by atoms with Crippen molar-refractivity contribution in [3.05, 3.63) is 53.6 Å². The predicted octanol–water partition coefficient (Wildman–Crippen LogP) is 3.72. The molecule has 0 aliphatic carbocycles. The molecule has 0 spiro atoms. The van der Waals surface area contributed by atoms with Crippen LogP contribution in [0.1, 0.15) is 11.1 Å². The van der Waals surface area contributed by atoms with Crippen molar-refractivity contribution in [2.45, 2.75) is 13.5 Å². The third-order valence-electron chi connectivity index (χ3n) is 3.45. The van der Waals surface area contributed by atoms with E-state index in [1.165, 1.54) is 11.1 Å². The van der Waals surface area contributed by atoms with Gasteiger partial charge < -0.3 is 15.0 Å². The molecule has 0 amide bonds. The molecule has 20 heavy (non-hydrogen) atoms. The first-order valence-corrected chi connectivity index (χ1v) is 6.91. The highest BCUT2D eigenvalue weighted by Gasteiger charge is 2.23. The van der Waals surface area contributed by atoms with E-state index in [1.54, 1.807) is 7.11 Å². The minimum atomic E-state index is 0.700. The number of fused-ring (bicyclic) bond motifs is 1. The number of methoxy groups -OCH3 is 1. The van der Waals surface area contributed by atoms with E-state index in [0.29, 0.717) is 5.11 Å². The Labute approximate surface area is 124 Å². The Balaban J connectivity index is 2.01. The Kier molecular flexibility index (Phi) is 3.32. The van der Waals surface area contributed by atoms with Gasteiger partial charge in [-0.25, -0.2) is 0 Å². The van der Waals surface area contributed by atoms with Gasteiger partial charge in [-0.1, -0.05) is 29.8 Å². The Hall–Kier alpha value is -2.07. The van der Waals surface area contributed by atoms with Crippen LogP contribution in [-0.2, 0) is 6.54 Å². The Morgan fingerprint density at radius 2 is 2.00 bits per heavy atom. The second kappa shape index (κ2) is 5.13. The zero-order chi connectivity index (χ0) is 14.1. The SMILES string of the molecule is COc1ccccc1N1Cc2cc(C)ccc2NC1=S. The van der Waals surface area contributed by atoms with Gasteiger partial charge in [0.05, 0.1) is 19.3 Å². The summed E-state index contributed by atoms with van der Waals surface area (Å²) in [6.07, 6.45) is 0. The van der Waals surface area contributed by atoms with Gasteiger partial charge in [0.2, 0.25) is 0 Å². The zero-order valence-electron chi connectivity index (χ0n) is 11.5. The van der Waals surface area contributed by atoms with E-state index in [4.69, 9.17) is 17.0 Å². The van der Waals surface area contributed by atoms with Crippen LogP contribution in [0.15, 0.2) is 42.5 Å². The number of hydrogen-bond donors (Lipinski definition) is 1. The lowest BCUT2D eigenvalue weighted by molar-refractivity contribution is 0.415. The molecule has 0 unspecified atom stereocenters. The smallest absolute Gasteiger partial charge is 0.178 e. The van der Waals surface area contributed by atoms with Gasteiger partial charge in [-0.15, -0.1) is 0 Å². The number of hydrogen-bond acceptors (Lipinski definition) is 2. The van der Waals surface area contributed by atoms with Crippen LogP contribution in [0.4, 0.5) is 11.4 Å². The number of para-hydroxylation sites is 2. The van der Waals surface area contributed by atoms with Crippen LogP contribution in [0.5, 0.6) is 5.75 Å². The molecule has 4 heteroatoms. The average molecular weight is 284 g/mol. The summed E-state index contributed by atoms with van der Waals surface area (Å²) in [5, 5.41) is 3.99. The monoisotopic (exact) mass is 284 g/mol. The van der Waals surface area contributed by atoms with Crippen LogP contribution in [0.2, 0.25) is 0 Å². The minimum Gasteiger partial charge on any atom is -0.495 e. The summed E-state index contributed by atoms with van der Waals surface area (Å²) in [4.78, 5) is 2.07. The van der Waals surface area contributed by atoms with Gasteiger partial charge in [0.1, 0.15) is 5.75 Å². The van der Waals surface area contributed by atoms with Crippen LogP contribution in [-0.4, -0.2) is 12.2 Å². The van der Waals surface area contributed by atoms with Crippen molar-refractivity contribution in [1.82, 2.24) is 0 Å². The standard InChI is InChI=1S/C16H16N2OS/c1-11-7-8-13-12(9-11)10-18(16(20)17-13)14-5-3-4-6-15(14)19-2/h3-9H,10H2,1-2H3,(H,17,20). The Morgan fingerprint density at radius 1 is 1.20 bits per heavy atom. The molecule has 0 aromatic heterocycles. The Morgan fingerprint density at radius 3 is 2.80 bits per heavy atom. The molecule has 0 saturated carbocycles. The normalized spacial score (nSPS) is 13.7. The van der Waals surface area contributed by atoms with Crippen molar-refractivity contribution in [1.29, 1.82) is 0 Å². The summed E-state index contributed by atoms with van der Waals surface area (Å²) in [5.74, 6) is 0.827. The molecule has 0 radical (unpaired) electrons. The van der Waals surface area contributed by atoms with Crippen LogP contribution in [0, 0.1) is 6.92 Å². The number of ether oxygens (including phenoxy) is 1. The zero-order valence-corrected chi connectivity index (χ0v) is 12.3. The maximum absolute atomic E-state index is 5.48. The minimum absolute atomic E-state index is 0.700. The molecular formula is C16H16N2OS. The van der Waals surface area contributed by atoms with Crippen molar-refractivity contribution in [2.75, 3.05) is 17.3 Å². The van der Waals surface area contributed by atoms with E-state index < -0.39 is 0 Å². The first kappa shape index (κ1) is 12.9. The average Bonchev–Trinajstić information content (AvgIpc) is 2.47. The lowest BCUT2D eigenvalue weighted by atomic mass is 10.1.